The Kier molecular flexibility index (Phi) is 5.79. The van der Waals surface area contributed by atoms with Gasteiger partial charge in [0.1, 0.15) is 11.8 Å². The minimum absolute atomic E-state index is 0.165. The Morgan fingerprint density at radius 2 is 2.25 bits per heavy atom. The van der Waals surface area contributed by atoms with Crippen LogP contribution in [0.25, 0.3) is 5.57 Å². The van der Waals surface area contributed by atoms with Crippen molar-refractivity contribution in [3.05, 3.63) is 35.4 Å². The Balaban J connectivity index is 3.30. The summed E-state index contributed by atoms with van der Waals surface area (Å²) in [7, 11) is 1.58. The number of nitrogens with zero attached hydrogens (tertiary/aromatic N) is 1. The first-order valence-electron chi connectivity index (χ1n) is 6.53. The zero-order valence-corrected chi connectivity index (χ0v) is 12.0. The molecule has 106 valence electrons. The van der Waals surface area contributed by atoms with Crippen molar-refractivity contribution in [3.63, 3.8) is 0 Å². The quantitative estimate of drug-likeness (QED) is 0.638. The fourth-order valence-corrected chi connectivity index (χ4v) is 1.94. The van der Waals surface area contributed by atoms with Crippen LogP contribution in [0.15, 0.2) is 24.3 Å². The second-order valence-corrected chi connectivity index (χ2v) is 4.75. The Morgan fingerprint density at radius 3 is 2.75 bits per heavy atom. The summed E-state index contributed by atoms with van der Waals surface area (Å²) >= 11 is 0. The van der Waals surface area contributed by atoms with Gasteiger partial charge in [-0.1, -0.05) is 20.3 Å². The first-order valence-corrected chi connectivity index (χ1v) is 6.53. The number of hydrogen-bond donors (Lipinski definition) is 1. The maximum atomic E-state index is 10.8. The molecule has 0 amide bonds. The first-order chi connectivity index (χ1) is 9.51. The lowest BCUT2D eigenvalue weighted by molar-refractivity contribution is -0.131. The molecule has 0 aromatic heterocycles. The molecule has 0 fully saturated rings. The number of rotatable bonds is 6. The highest BCUT2D eigenvalue weighted by molar-refractivity contribution is 5.94. The minimum Gasteiger partial charge on any atom is -0.497 e. The molecular formula is C16H19NO3. The molecule has 1 rings (SSSR count). The van der Waals surface area contributed by atoms with Crippen molar-refractivity contribution >= 4 is 11.5 Å². The zero-order chi connectivity index (χ0) is 15.1. The Morgan fingerprint density at radius 1 is 1.55 bits per heavy atom. The Bertz CT molecular complexity index is 555. The van der Waals surface area contributed by atoms with Crippen LogP contribution in [0.2, 0.25) is 0 Å². The second kappa shape index (κ2) is 7.34. The lowest BCUT2D eigenvalue weighted by Gasteiger charge is -2.14. The van der Waals surface area contributed by atoms with Crippen LogP contribution < -0.4 is 4.74 Å². The topological polar surface area (TPSA) is 70.3 Å². The van der Waals surface area contributed by atoms with Crippen LogP contribution in [0, 0.1) is 17.2 Å². The molecule has 1 N–H and O–H groups in total. The second-order valence-electron chi connectivity index (χ2n) is 4.75. The number of benzene rings is 1. The lowest BCUT2D eigenvalue weighted by Crippen LogP contribution is -2.03. The van der Waals surface area contributed by atoms with Crippen LogP contribution in [-0.4, -0.2) is 18.2 Å². The average molecular weight is 273 g/mol. The third-order valence-electron chi connectivity index (χ3n) is 3.26. The van der Waals surface area contributed by atoms with E-state index >= 15 is 0 Å². The molecule has 0 aliphatic rings. The van der Waals surface area contributed by atoms with Gasteiger partial charge >= 0.3 is 5.97 Å². The van der Waals surface area contributed by atoms with Gasteiger partial charge in [-0.2, -0.15) is 5.26 Å². The number of carboxylic acid groups (broad SMARTS) is 1. The van der Waals surface area contributed by atoms with E-state index in [1.807, 2.05) is 12.1 Å². The molecule has 0 bridgehead atoms. The SMILES string of the molecule is CCC(C)Cc1cc(OC)ccc1C(C#N)=CC(=O)O. The van der Waals surface area contributed by atoms with Gasteiger partial charge in [0.15, 0.2) is 0 Å². The van der Waals surface area contributed by atoms with Crippen molar-refractivity contribution in [1.82, 2.24) is 0 Å². The number of nitriles is 1. The fourth-order valence-electron chi connectivity index (χ4n) is 1.94. The van der Waals surface area contributed by atoms with E-state index in [0.29, 0.717) is 17.2 Å². The molecule has 0 spiro atoms. The van der Waals surface area contributed by atoms with E-state index in [2.05, 4.69) is 13.8 Å². The van der Waals surface area contributed by atoms with E-state index in [1.165, 1.54) is 0 Å². The van der Waals surface area contributed by atoms with E-state index in [4.69, 9.17) is 15.1 Å². The maximum Gasteiger partial charge on any atom is 0.329 e. The van der Waals surface area contributed by atoms with Crippen LogP contribution in [0.3, 0.4) is 0 Å². The van der Waals surface area contributed by atoms with E-state index in [0.717, 1.165) is 24.5 Å². The highest BCUT2D eigenvalue weighted by Crippen LogP contribution is 2.26. The summed E-state index contributed by atoms with van der Waals surface area (Å²) in [5.74, 6) is 0.0390. The summed E-state index contributed by atoms with van der Waals surface area (Å²) in [6, 6.07) is 7.31. The first kappa shape index (κ1) is 15.8. The van der Waals surface area contributed by atoms with Gasteiger partial charge in [0.2, 0.25) is 0 Å². The normalized spacial score (nSPS) is 12.6. The summed E-state index contributed by atoms with van der Waals surface area (Å²) in [6.45, 7) is 4.22. The van der Waals surface area contributed by atoms with Crippen LogP contribution in [0.1, 0.15) is 31.4 Å². The molecule has 0 radical (unpaired) electrons. The van der Waals surface area contributed by atoms with Crippen molar-refractivity contribution < 1.29 is 14.6 Å². The van der Waals surface area contributed by atoms with Gasteiger partial charge in [-0.15, -0.1) is 0 Å². The summed E-state index contributed by atoms with van der Waals surface area (Å²) < 4.78 is 5.20. The van der Waals surface area contributed by atoms with Gasteiger partial charge in [0.25, 0.3) is 0 Å². The summed E-state index contributed by atoms with van der Waals surface area (Å²) in [5, 5.41) is 18.0. The van der Waals surface area contributed by atoms with E-state index in [1.54, 1.807) is 19.2 Å². The van der Waals surface area contributed by atoms with Crippen LogP contribution in [-0.2, 0) is 11.2 Å². The average Bonchev–Trinajstić information content (AvgIpc) is 2.44. The minimum atomic E-state index is -1.12. The Labute approximate surface area is 119 Å². The highest BCUT2D eigenvalue weighted by atomic mass is 16.5. The summed E-state index contributed by atoms with van der Waals surface area (Å²) in [5.41, 5.74) is 1.77. The molecule has 1 aromatic carbocycles. The van der Waals surface area contributed by atoms with Crippen molar-refractivity contribution in [2.45, 2.75) is 26.7 Å². The number of ether oxygens (including phenoxy) is 1. The monoisotopic (exact) mass is 273 g/mol. The number of aliphatic carboxylic acids is 1. The molecule has 20 heavy (non-hydrogen) atoms. The molecule has 0 saturated carbocycles. The van der Waals surface area contributed by atoms with Gasteiger partial charge in [-0.05, 0) is 41.7 Å². The number of allylic oxidation sites excluding steroid dienone is 1. The molecule has 1 unspecified atom stereocenters. The number of hydrogen-bond acceptors (Lipinski definition) is 3. The van der Waals surface area contributed by atoms with Crippen molar-refractivity contribution in [2.24, 2.45) is 5.92 Å². The third-order valence-corrected chi connectivity index (χ3v) is 3.26. The summed E-state index contributed by atoms with van der Waals surface area (Å²) in [4.78, 5) is 10.8. The number of carbonyl (C=O) groups is 1. The van der Waals surface area contributed by atoms with E-state index < -0.39 is 5.97 Å². The van der Waals surface area contributed by atoms with Crippen molar-refractivity contribution in [1.29, 1.82) is 5.26 Å². The van der Waals surface area contributed by atoms with Crippen LogP contribution in [0.4, 0.5) is 0 Å². The van der Waals surface area contributed by atoms with Gasteiger partial charge in [0.05, 0.1) is 12.7 Å². The van der Waals surface area contributed by atoms with Crippen LogP contribution >= 0.6 is 0 Å². The van der Waals surface area contributed by atoms with Gasteiger partial charge < -0.3 is 9.84 Å². The van der Waals surface area contributed by atoms with E-state index in [-0.39, 0.29) is 5.57 Å². The van der Waals surface area contributed by atoms with Crippen molar-refractivity contribution in [2.75, 3.05) is 7.11 Å². The van der Waals surface area contributed by atoms with Crippen LogP contribution in [0.5, 0.6) is 5.75 Å². The number of methoxy groups -OCH3 is 1. The molecular weight excluding hydrogens is 254 g/mol. The molecule has 1 atom stereocenters. The predicted octanol–water partition coefficient (Wildman–Crippen LogP) is 3.28. The van der Waals surface area contributed by atoms with Crippen molar-refractivity contribution in [3.8, 4) is 11.8 Å². The fraction of sp³-hybridized carbons (Fsp3) is 0.375. The molecule has 4 nitrogen and oxygen atoms in total. The highest BCUT2D eigenvalue weighted by Gasteiger charge is 2.12. The third kappa shape index (κ3) is 4.13. The lowest BCUT2D eigenvalue weighted by atomic mass is 9.91. The smallest absolute Gasteiger partial charge is 0.329 e. The molecule has 4 heteroatoms. The molecule has 0 aliphatic heterocycles. The Hall–Kier alpha value is -2.28. The van der Waals surface area contributed by atoms with Gasteiger partial charge in [-0.25, -0.2) is 4.79 Å². The van der Waals surface area contributed by atoms with Gasteiger partial charge in [0, 0.05) is 6.08 Å². The molecule has 0 aliphatic carbocycles. The van der Waals surface area contributed by atoms with Gasteiger partial charge in [-0.3, -0.25) is 0 Å². The molecule has 0 saturated heterocycles. The van der Waals surface area contributed by atoms with E-state index in [9.17, 15) is 4.79 Å². The maximum absolute atomic E-state index is 10.8. The summed E-state index contributed by atoms with van der Waals surface area (Å²) in [6.07, 6.45) is 2.74. The number of carboxylic acids is 1. The molecule has 1 aromatic rings. The standard InChI is InChI=1S/C16H19NO3/c1-4-11(2)7-12-8-14(20-3)5-6-15(12)13(10-17)9-16(18)19/h5-6,8-9,11H,4,7H2,1-3H3,(H,18,19). The largest absolute Gasteiger partial charge is 0.497 e. The molecule has 0 heterocycles. The predicted molar refractivity (Wildman–Crippen MR) is 77.4 cm³/mol. The zero-order valence-electron chi connectivity index (χ0n) is 12.0.